The van der Waals surface area contributed by atoms with Gasteiger partial charge in [-0.1, -0.05) is 56.0 Å². The molecule has 3 aliphatic heterocycles. The first kappa shape index (κ1) is 22.1. The number of anilines is 1. The number of likely N-dealkylation sites (tertiary alicyclic amines) is 1. The predicted molar refractivity (Wildman–Crippen MR) is 124 cm³/mol. The maximum atomic E-state index is 13.6. The highest BCUT2D eigenvalue weighted by Gasteiger charge is 2.72. The van der Waals surface area contributed by atoms with Crippen LogP contribution in [0.3, 0.4) is 0 Å². The lowest BCUT2D eigenvalue weighted by Gasteiger charge is -2.34. The van der Waals surface area contributed by atoms with E-state index in [4.69, 9.17) is 4.74 Å². The van der Waals surface area contributed by atoms with Crippen LogP contribution in [-0.2, 0) is 19.1 Å². The summed E-state index contributed by atoms with van der Waals surface area (Å²) in [7, 11) is 0. The van der Waals surface area contributed by atoms with Gasteiger partial charge in [-0.2, -0.15) is 0 Å². The Hall–Kier alpha value is -2.67. The highest BCUT2D eigenvalue weighted by molar-refractivity contribution is 6.02. The summed E-state index contributed by atoms with van der Waals surface area (Å²) in [6.07, 6.45) is 9.33. The zero-order valence-electron chi connectivity index (χ0n) is 19.4. The molecule has 5 atom stereocenters. The topological polar surface area (TPSA) is 87.7 Å². The van der Waals surface area contributed by atoms with Crippen molar-refractivity contribution in [1.82, 2.24) is 10.2 Å². The fourth-order valence-corrected chi connectivity index (χ4v) is 6.14. The molecule has 7 nitrogen and oxygen atoms in total. The van der Waals surface area contributed by atoms with E-state index >= 15 is 0 Å². The summed E-state index contributed by atoms with van der Waals surface area (Å²) >= 11 is 0. The lowest BCUT2D eigenvalue weighted by atomic mass is 9.74. The van der Waals surface area contributed by atoms with Gasteiger partial charge in [0.1, 0.15) is 11.6 Å². The van der Waals surface area contributed by atoms with E-state index in [2.05, 4.69) is 10.6 Å². The lowest BCUT2D eigenvalue weighted by molar-refractivity contribution is -0.141. The van der Waals surface area contributed by atoms with E-state index in [1.807, 2.05) is 50.3 Å². The lowest BCUT2D eigenvalue weighted by Crippen LogP contribution is -2.56. The van der Waals surface area contributed by atoms with Crippen LogP contribution >= 0.6 is 0 Å². The van der Waals surface area contributed by atoms with E-state index < -0.39 is 29.6 Å². The van der Waals surface area contributed by atoms with E-state index in [1.165, 1.54) is 6.42 Å². The fourth-order valence-electron chi connectivity index (χ4n) is 6.14. The van der Waals surface area contributed by atoms with E-state index in [-0.39, 0.29) is 23.8 Å². The summed E-state index contributed by atoms with van der Waals surface area (Å²) in [5.41, 5.74) is 0.713. The van der Waals surface area contributed by atoms with Gasteiger partial charge in [-0.15, -0.1) is 0 Å². The van der Waals surface area contributed by atoms with Crippen molar-refractivity contribution >= 4 is 23.4 Å². The SMILES string of the molecule is CCCN1C(=O)[C@H]2[C@H](C(=O)Nc3ccc(C)cc3)[C@H]3C=C[C@@]2(O3)[C@H]1C(=O)NC1CCCCC1. The van der Waals surface area contributed by atoms with Gasteiger partial charge in [0.05, 0.1) is 17.9 Å². The molecule has 176 valence electrons. The van der Waals surface area contributed by atoms with Crippen molar-refractivity contribution in [3.05, 3.63) is 42.0 Å². The molecule has 4 aliphatic rings. The van der Waals surface area contributed by atoms with Crippen LogP contribution in [0.5, 0.6) is 0 Å². The van der Waals surface area contributed by atoms with Crippen molar-refractivity contribution in [3.63, 3.8) is 0 Å². The standard InChI is InChI=1S/C26H33N3O4/c1-3-15-29-22(24(31)28-17-7-5-4-6-8-17)26-14-13-19(33-26)20(21(26)25(29)32)23(30)27-18-11-9-16(2)10-12-18/h9-14,17,19-22H,3-8,15H2,1-2H3,(H,27,30)(H,28,31)/t19-,20-,21-,22-,26+/m1/s1. The summed E-state index contributed by atoms with van der Waals surface area (Å²) in [5.74, 6) is -1.90. The zero-order chi connectivity index (χ0) is 23.2. The molecule has 1 aromatic rings. The normalized spacial score (nSPS) is 32.8. The number of hydrogen-bond donors (Lipinski definition) is 2. The summed E-state index contributed by atoms with van der Waals surface area (Å²) in [4.78, 5) is 42.2. The van der Waals surface area contributed by atoms with Gasteiger partial charge in [-0.3, -0.25) is 14.4 Å². The van der Waals surface area contributed by atoms with Crippen LogP contribution < -0.4 is 10.6 Å². The first-order chi connectivity index (χ1) is 15.9. The Balaban J connectivity index is 1.41. The monoisotopic (exact) mass is 451 g/mol. The van der Waals surface area contributed by atoms with Gasteiger partial charge in [0.25, 0.3) is 0 Å². The molecule has 3 fully saturated rings. The molecule has 3 amide bonds. The van der Waals surface area contributed by atoms with Crippen molar-refractivity contribution in [2.24, 2.45) is 11.8 Å². The number of aryl methyl sites for hydroxylation is 1. The van der Waals surface area contributed by atoms with Crippen molar-refractivity contribution in [3.8, 4) is 0 Å². The van der Waals surface area contributed by atoms with Gasteiger partial charge in [-0.25, -0.2) is 0 Å². The number of ether oxygens (including phenoxy) is 1. The van der Waals surface area contributed by atoms with Crippen molar-refractivity contribution < 1.29 is 19.1 Å². The van der Waals surface area contributed by atoms with E-state index in [1.54, 1.807) is 4.90 Å². The van der Waals surface area contributed by atoms with Crippen LogP contribution in [-0.4, -0.2) is 53.0 Å². The molecule has 0 aromatic heterocycles. The average Bonchev–Trinajstić information content (AvgIpc) is 3.44. The minimum atomic E-state index is -1.08. The molecule has 0 radical (unpaired) electrons. The van der Waals surface area contributed by atoms with Crippen LogP contribution in [0.1, 0.15) is 51.0 Å². The molecule has 1 aliphatic carbocycles. The summed E-state index contributed by atoms with van der Waals surface area (Å²) in [5, 5.41) is 6.16. The number of benzene rings is 1. The number of hydrogen-bond acceptors (Lipinski definition) is 4. The molecule has 7 heteroatoms. The Bertz CT molecular complexity index is 968. The largest absolute Gasteiger partial charge is 0.359 e. The molecule has 1 spiro atoms. The van der Waals surface area contributed by atoms with Gasteiger partial charge < -0.3 is 20.3 Å². The van der Waals surface area contributed by atoms with Crippen molar-refractivity contribution in [2.45, 2.75) is 76.2 Å². The Labute approximate surface area is 194 Å². The van der Waals surface area contributed by atoms with Gasteiger partial charge >= 0.3 is 0 Å². The smallest absolute Gasteiger partial charge is 0.246 e. The van der Waals surface area contributed by atoms with E-state index in [0.717, 1.165) is 37.7 Å². The molecule has 1 aromatic carbocycles. The maximum absolute atomic E-state index is 13.6. The molecule has 1 saturated carbocycles. The summed E-state index contributed by atoms with van der Waals surface area (Å²) < 4.78 is 6.35. The number of rotatable bonds is 6. The third kappa shape index (κ3) is 3.66. The highest BCUT2D eigenvalue weighted by atomic mass is 16.5. The number of fused-ring (bicyclic) bond motifs is 1. The zero-order valence-corrected chi connectivity index (χ0v) is 19.4. The fraction of sp³-hybridized carbons (Fsp3) is 0.577. The third-order valence-corrected chi connectivity index (χ3v) is 7.66. The second-order valence-corrected chi connectivity index (χ2v) is 9.93. The molecule has 2 saturated heterocycles. The Morgan fingerprint density at radius 2 is 1.85 bits per heavy atom. The number of nitrogens with one attached hydrogen (secondary N) is 2. The summed E-state index contributed by atoms with van der Waals surface area (Å²) in [6, 6.07) is 6.98. The predicted octanol–water partition coefficient (Wildman–Crippen LogP) is 2.94. The Morgan fingerprint density at radius 3 is 2.55 bits per heavy atom. The van der Waals surface area contributed by atoms with Crippen molar-refractivity contribution in [2.75, 3.05) is 11.9 Å². The second-order valence-electron chi connectivity index (χ2n) is 9.93. The molecular weight excluding hydrogens is 418 g/mol. The van der Waals surface area contributed by atoms with E-state index in [0.29, 0.717) is 12.2 Å². The maximum Gasteiger partial charge on any atom is 0.246 e. The average molecular weight is 452 g/mol. The minimum absolute atomic E-state index is 0.142. The Kier molecular flexibility index (Phi) is 5.77. The molecular formula is C26H33N3O4. The molecule has 2 N–H and O–H groups in total. The molecule has 3 heterocycles. The Morgan fingerprint density at radius 1 is 1.12 bits per heavy atom. The number of carbonyl (C=O) groups excluding carboxylic acids is 3. The molecule has 2 bridgehead atoms. The van der Waals surface area contributed by atoms with Gasteiger partial charge in [0.15, 0.2) is 0 Å². The van der Waals surface area contributed by atoms with E-state index in [9.17, 15) is 14.4 Å². The quantitative estimate of drug-likeness (QED) is 0.651. The second kappa shape index (κ2) is 8.60. The van der Waals surface area contributed by atoms with Gasteiger partial charge in [0.2, 0.25) is 17.7 Å². The molecule has 33 heavy (non-hydrogen) atoms. The number of nitrogens with zero attached hydrogens (tertiary/aromatic N) is 1. The van der Waals surface area contributed by atoms with Crippen LogP contribution in [0.4, 0.5) is 5.69 Å². The van der Waals surface area contributed by atoms with Gasteiger partial charge in [0, 0.05) is 18.3 Å². The molecule has 0 unspecified atom stereocenters. The minimum Gasteiger partial charge on any atom is -0.359 e. The first-order valence-electron chi connectivity index (χ1n) is 12.3. The number of carbonyl (C=O) groups is 3. The van der Waals surface area contributed by atoms with Crippen LogP contribution in [0.2, 0.25) is 0 Å². The van der Waals surface area contributed by atoms with Crippen LogP contribution in [0, 0.1) is 18.8 Å². The van der Waals surface area contributed by atoms with Gasteiger partial charge in [-0.05, 0) is 38.3 Å². The number of amides is 3. The first-order valence-corrected chi connectivity index (χ1v) is 12.3. The highest BCUT2D eigenvalue weighted by Crippen LogP contribution is 2.55. The van der Waals surface area contributed by atoms with Crippen LogP contribution in [0.15, 0.2) is 36.4 Å². The summed E-state index contributed by atoms with van der Waals surface area (Å²) in [6.45, 7) is 4.45. The molecule has 5 rings (SSSR count). The van der Waals surface area contributed by atoms with Crippen molar-refractivity contribution in [1.29, 1.82) is 0 Å². The van der Waals surface area contributed by atoms with Crippen LogP contribution in [0.25, 0.3) is 0 Å². The third-order valence-electron chi connectivity index (χ3n) is 7.66.